The Morgan fingerprint density at radius 3 is 2.61 bits per heavy atom. The number of carbonyl (C=O) groups is 1. The summed E-state index contributed by atoms with van der Waals surface area (Å²) in [6.45, 7) is 0. The van der Waals surface area contributed by atoms with Crippen molar-refractivity contribution in [3.63, 3.8) is 0 Å². The van der Waals surface area contributed by atoms with Gasteiger partial charge in [0.25, 0.3) is 11.6 Å². The predicted molar refractivity (Wildman–Crippen MR) is 131 cm³/mol. The number of amides is 1. The van der Waals surface area contributed by atoms with Gasteiger partial charge in [0, 0.05) is 6.08 Å². The average molecular weight is 503 g/mol. The number of furan rings is 1. The fraction of sp³-hybridized carbons (Fsp3) is 0.0909. The number of methoxy groups -OCH3 is 2. The van der Waals surface area contributed by atoms with Crippen LogP contribution in [0.5, 0.6) is 11.5 Å². The molecule has 0 radical (unpaired) electrons. The zero-order chi connectivity index (χ0) is 23.7. The van der Waals surface area contributed by atoms with E-state index in [-0.39, 0.29) is 17.4 Å². The van der Waals surface area contributed by atoms with E-state index in [4.69, 9.17) is 37.7 Å². The summed E-state index contributed by atoms with van der Waals surface area (Å²) < 4.78 is 16.3. The number of hydrogen-bond donors (Lipinski definition) is 0. The summed E-state index contributed by atoms with van der Waals surface area (Å²) in [6, 6.07) is 12.6. The van der Waals surface area contributed by atoms with Gasteiger partial charge in [0.1, 0.15) is 23.0 Å². The highest BCUT2D eigenvalue weighted by Gasteiger charge is 2.34. The van der Waals surface area contributed by atoms with Crippen LogP contribution in [-0.2, 0) is 4.79 Å². The Bertz CT molecular complexity index is 1320. The molecule has 1 aromatic heterocycles. The Hall–Kier alpha value is -3.34. The second-order valence-electron chi connectivity index (χ2n) is 6.68. The van der Waals surface area contributed by atoms with Crippen molar-refractivity contribution in [2.75, 3.05) is 19.1 Å². The number of nitrogens with zero attached hydrogens (tertiary/aromatic N) is 2. The third kappa shape index (κ3) is 4.45. The Morgan fingerprint density at radius 2 is 1.94 bits per heavy atom. The van der Waals surface area contributed by atoms with Crippen molar-refractivity contribution in [3.05, 3.63) is 74.3 Å². The third-order valence-electron chi connectivity index (χ3n) is 4.75. The molecule has 0 atom stereocenters. The fourth-order valence-corrected chi connectivity index (χ4v) is 4.72. The van der Waals surface area contributed by atoms with Crippen LogP contribution in [0.2, 0.25) is 5.02 Å². The molecule has 2 heterocycles. The van der Waals surface area contributed by atoms with Crippen LogP contribution < -0.4 is 14.4 Å². The Kier molecular flexibility index (Phi) is 6.41. The highest BCUT2D eigenvalue weighted by molar-refractivity contribution is 8.27. The van der Waals surface area contributed by atoms with Crippen LogP contribution in [-0.4, -0.2) is 29.4 Å². The lowest BCUT2D eigenvalue weighted by atomic mass is 10.1. The van der Waals surface area contributed by atoms with Gasteiger partial charge in [-0.3, -0.25) is 19.8 Å². The van der Waals surface area contributed by atoms with Crippen molar-refractivity contribution in [1.29, 1.82) is 0 Å². The van der Waals surface area contributed by atoms with E-state index >= 15 is 0 Å². The van der Waals surface area contributed by atoms with E-state index in [1.807, 2.05) is 0 Å². The summed E-state index contributed by atoms with van der Waals surface area (Å²) in [5.74, 6) is 1.15. The largest absolute Gasteiger partial charge is 0.497 e. The zero-order valence-corrected chi connectivity index (χ0v) is 19.6. The molecule has 2 aromatic carbocycles. The number of nitro groups is 1. The number of rotatable bonds is 6. The van der Waals surface area contributed by atoms with Gasteiger partial charge >= 0.3 is 0 Å². The Labute approximate surface area is 202 Å². The molecule has 0 aliphatic carbocycles. The van der Waals surface area contributed by atoms with E-state index < -0.39 is 4.92 Å². The zero-order valence-electron chi connectivity index (χ0n) is 17.2. The van der Waals surface area contributed by atoms with Crippen LogP contribution in [0.1, 0.15) is 5.76 Å². The van der Waals surface area contributed by atoms with Gasteiger partial charge in [-0.1, -0.05) is 35.6 Å². The molecule has 0 unspecified atom stereocenters. The third-order valence-corrected chi connectivity index (χ3v) is 6.35. The topological polar surface area (TPSA) is 95.1 Å². The predicted octanol–water partition coefficient (Wildman–Crippen LogP) is 5.93. The molecule has 33 heavy (non-hydrogen) atoms. The number of carbonyl (C=O) groups excluding carboxylic acids is 1. The second kappa shape index (κ2) is 9.26. The first-order valence-corrected chi connectivity index (χ1v) is 11.0. The average Bonchev–Trinajstić information content (AvgIpc) is 3.37. The molecule has 1 amide bonds. The summed E-state index contributed by atoms with van der Waals surface area (Å²) in [4.78, 5) is 25.7. The van der Waals surface area contributed by atoms with E-state index in [1.54, 1.807) is 48.5 Å². The monoisotopic (exact) mass is 502 g/mol. The van der Waals surface area contributed by atoms with E-state index in [9.17, 15) is 14.9 Å². The Balaban J connectivity index is 1.63. The fourth-order valence-electron chi connectivity index (χ4n) is 3.19. The van der Waals surface area contributed by atoms with E-state index in [0.29, 0.717) is 42.8 Å². The standard InChI is InChI=1S/C22H15ClN2O6S2/c1-29-13-4-6-15(17(10-13)25(27)28)18-8-5-14(31-18)11-20-21(26)24(22(32)33-20)12-3-7-19(30-2)16(23)9-12/h3-11H,1-2H3/b20-11+. The van der Waals surface area contributed by atoms with E-state index in [0.717, 1.165) is 11.8 Å². The van der Waals surface area contributed by atoms with Crippen molar-refractivity contribution >= 4 is 63.3 Å². The van der Waals surface area contributed by atoms with Gasteiger partial charge in [0.15, 0.2) is 4.32 Å². The molecule has 0 saturated carbocycles. The molecule has 1 saturated heterocycles. The van der Waals surface area contributed by atoms with Gasteiger partial charge in [-0.2, -0.15) is 0 Å². The molecular weight excluding hydrogens is 488 g/mol. The molecule has 4 rings (SSSR count). The second-order valence-corrected chi connectivity index (χ2v) is 8.76. The molecule has 0 bridgehead atoms. The minimum Gasteiger partial charge on any atom is -0.497 e. The molecule has 8 nitrogen and oxygen atoms in total. The highest BCUT2D eigenvalue weighted by atomic mass is 35.5. The summed E-state index contributed by atoms with van der Waals surface area (Å²) in [7, 11) is 2.93. The number of ether oxygens (including phenoxy) is 2. The van der Waals surface area contributed by atoms with Crippen molar-refractivity contribution in [1.82, 2.24) is 0 Å². The smallest absolute Gasteiger partial charge is 0.284 e. The molecular formula is C22H15ClN2O6S2. The lowest BCUT2D eigenvalue weighted by Crippen LogP contribution is -2.27. The van der Waals surface area contributed by atoms with Crippen molar-refractivity contribution in [2.45, 2.75) is 0 Å². The van der Waals surface area contributed by atoms with Crippen LogP contribution >= 0.6 is 35.6 Å². The molecule has 1 aliphatic heterocycles. The molecule has 168 valence electrons. The first-order chi connectivity index (χ1) is 15.8. The van der Waals surface area contributed by atoms with Crippen molar-refractivity contribution in [3.8, 4) is 22.8 Å². The maximum absolute atomic E-state index is 13.0. The SMILES string of the molecule is COc1ccc(-c2ccc(/C=C3/SC(=S)N(c4ccc(OC)c(Cl)c4)C3=O)o2)c([N+](=O)[O-])c1. The maximum atomic E-state index is 13.0. The van der Waals surface area contributed by atoms with Gasteiger partial charge in [-0.15, -0.1) is 0 Å². The van der Waals surface area contributed by atoms with Crippen LogP contribution in [0.25, 0.3) is 17.4 Å². The van der Waals surface area contributed by atoms with Crippen molar-refractivity contribution in [2.24, 2.45) is 0 Å². The van der Waals surface area contributed by atoms with Gasteiger partial charge in [0.2, 0.25) is 0 Å². The number of thioether (sulfide) groups is 1. The molecule has 0 N–H and O–H groups in total. The molecule has 11 heteroatoms. The lowest BCUT2D eigenvalue weighted by Gasteiger charge is -2.15. The maximum Gasteiger partial charge on any atom is 0.284 e. The molecule has 0 spiro atoms. The first kappa shape index (κ1) is 22.8. The first-order valence-electron chi connectivity index (χ1n) is 9.36. The number of nitro benzene ring substituents is 1. The van der Waals surface area contributed by atoms with Gasteiger partial charge in [0.05, 0.1) is 46.4 Å². The number of halogens is 1. The van der Waals surface area contributed by atoms with Gasteiger partial charge in [-0.25, -0.2) is 0 Å². The minimum atomic E-state index is -0.509. The molecule has 3 aromatic rings. The number of hydrogen-bond acceptors (Lipinski definition) is 8. The summed E-state index contributed by atoms with van der Waals surface area (Å²) in [5.41, 5.74) is 0.652. The molecule has 1 aliphatic rings. The van der Waals surface area contributed by atoms with Crippen molar-refractivity contribution < 1.29 is 23.6 Å². The number of thiocarbonyl (C=S) groups is 1. The van der Waals surface area contributed by atoms with Crippen LogP contribution in [0.4, 0.5) is 11.4 Å². The lowest BCUT2D eigenvalue weighted by molar-refractivity contribution is -0.384. The van der Waals surface area contributed by atoms with E-state index in [2.05, 4.69) is 0 Å². The van der Waals surface area contributed by atoms with E-state index in [1.165, 1.54) is 25.2 Å². The van der Waals surface area contributed by atoms with Crippen LogP contribution in [0.3, 0.4) is 0 Å². The summed E-state index contributed by atoms with van der Waals surface area (Å²) in [5, 5.41) is 11.8. The highest BCUT2D eigenvalue weighted by Crippen LogP contribution is 2.39. The quantitative estimate of drug-likeness (QED) is 0.177. The van der Waals surface area contributed by atoms with Gasteiger partial charge in [-0.05, 0) is 42.5 Å². The minimum absolute atomic E-state index is 0.155. The summed E-state index contributed by atoms with van der Waals surface area (Å²) >= 11 is 12.7. The number of benzene rings is 2. The molecule has 1 fully saturated rings. The normalized spacial score (nSPS) is 14.8. The number of anilines is 1. The van der Waals surface area contributed by atoms with Crippen LogP contribution in [0, 0.1) is 10.1 Å². The van der Waals surface area contributed by atoms with Gasteiger partial charge < -0.3 is 13.9 Å². The summed E-state index contributed by atoms with van der Waals surface area (Å²) in [6.07, 6.45) is 1.54. The Morgan fingerprint density at radius 1 is 1.15 bits per heavy atom. The van der Waals surface area contributed by atoms with Crippen LogP contribution in [0.15, 0.2) is 57.9 Å².